The Morgan fingerprint density at radius 2 is 1.19 bits per heavy atom. The molecule has 27 heavy (non-hydrogen) atoms. The first kappa shape index (κ1) is 23.5. The topological polar surface area (TPSA) is 72.5 Å². The Morgan fingerprint density at radius 1 is 0.704 bits per heavy atom. The van der Waals surface area contributed by atoms with Gasteiger partial charge >= 0.3 is 5.97 Å². The maximum absolute atomic E-state index is 11.5. The van der Waals surface area contributed by atoms with Crippen LogP contribution in [0.25, 0.3) is 0 Å². The second-order valence-electron chi connectivity index (χ2n) is 5.65. The van der Waals surface area contributed by atoms with Gasteiger partial charge in [-0.25, -0.2) is 4.79 Å². The normalized spacial score (nSPS) is 10.9. The molecule has 0 fully saturated rings. The first-order chi connectivity index (χ1) is 13.3. The highest BCUT2D eigenvalue weighted by Crippen LogP contribution is 2.00. The van der Waals surface area contributed by atoms with Crippen molar-refractivity contribution in [1.29, 1.82) is 0 Å². The molecule has 0 atom stereocenters. The second-order valence-corrected chi connectivity index (χ2v) is 5.65. The van der Waals surface area contributed by atoms with Gasteiger partial charge in [-0.2, -0.15) is 0 Å². The van der Waals surface area contributed by atoms with Crippen LogP contribution >= 0.6 is 0 Å². The van der Waals surface area contributed by atoms with E-state index in [2.05, 4.69) is 6.92 Å². The number of ether oxygens (including phenoxy) is 6. The predicted molar refractivity (Wildman–Crippen MR) is 101 cm³/mol. The molecule has 0 radical (unpaired) electrons. The molecular weight excluding hydrogens is 352 g/mol. The van der Waals surface area contributed by atoms with Gasteiger partial charge in [-0.15, -0.1) is 0 Å². The van der Waals surface area contributed by atoms with Crippen molar-refractivity contribution in [1.82, 2.24) is 0 Å². The molecule has 0 aromatic heterocycles. The van der Waals surface area contributed by atoms with Gasteiger partial charge in [-0.3, -0.25) is 0 Å². The minimum absolute atomic E-state index is 0.0774. The fraction of sp³-hybridized carbons (Fsp3) is 0.650. The van der Waals surface area contributed by atoms with E-state index < -0.39 is 0 Å². The molecule has 0 saturated heterocycles. The van der Waals surface area contributed by atoms with Crippen LogP contribution in [0.1, 0.15) is 18.9 Å². The summed E-state index contributed by atoms with van der Waals surface area (Å²) in [4.78, 5) is 11.5. The first-order valence-corrected chi connectivity index (χ1v) is 9.41. The lowest BCUT2D eigenvalue weighted by Crippen LogP contribution is -2.16. The van der Waals surface area contributed by atoms with E-state index in [0.717, 1.165) is 18.6 Å². The summed E-state index contributed by atoms with van der Waals surface area (Å²) < 4.78 is 31.7. The summed E-state index contributed by atoms with van der Waals surface area (Å²) in [6, 6.07) is 9.52. The molecule has 1 aromatic carbocycles. The van der Waals surface area contributed by atoms with Crippen molar-refractivity contribution >= 4 is 5.97 Å². The molecule has 0 N–H and O–H groups in total. The van der Waals surface area contributed by atoms with Gasteiger partial charge in [0.25, 0.3) is 0 Å². The first-order valence-electron chi connectivity index (χ1n) is 9.41. The van der Waals surface area contributed by atoms with E-state index in [-0.39, 0.29) is 19.2 Å². The average molecular weight is 384 g/mol. The molecule has 0 amide bonds. The minimum Gasteiger partial charge on any atom is -0.459 e. The van der Waals surface area contributed by atoms with Crippen LogP contribution in [0.5, 0.6) is 0 Å². The van der Waals surface area contributed by atoms with Gasteiger partial charge in [0.2, 0.25) is 0 Å². The van der Waals surface area contributed by atoms with E-state index in [1.807, 2.05) is 30.3 Å². The Balaban J connectivity index is 1.77. The summed E-state index contributed by atoms with van der Waals surface area (Å²) in [6.07, 6.45) is 1.02. The van der Waals surface area contributed by atoms with Crippen molar-refractivity contribution in [2.45, 2.75) is 20.0 Å². The number of benzene rings is 1. The Labute approximate surface area is 161 Å². The third kappa shape index (κ3) is 15.3. The Morgan fingerprint density at radius 3 is 1.70 bits per heavy atom. The SMILES string of the molecule is CCCOCCOCCOCCOCCOCC(=O)OCc1ccccc1. The predicted octanol–water partition coefficient (Wildman–Crippen LogP) is 2.22. The largest absolute Gasteiger partial charge is 0.459 e. The summed E-state index contributed by atoms with van der Waals surface area (Å²) in [6.45, 7) is 7.02. The molecule has 0 aliphatic heterocycles. The van der Waals surface area contributed by atoms with E-state index in [9.17, 15) is 4.79 Å². The molecule has 1 rings (SSSR count). The Kier molecular flexibility index (Phi) is 15.6. The highest BCUT2D eigenvalue weighted by Gasteiger charge is 2.03. The van der Waals surface area contributed by atoms with E-state index >= 15 is 0 Å². The standard InChI is InChI=1S/C20H32O7/c1-2-8-22-9-10-23-11-12-24-13-14-25-15-16-26-18-20(21)27-17-19-6-4-3-5-7-19/h3-7H,2,8-18H2,1H3. The molecule has 0 unspecified atom stereocenters. The summed E-state index contributed by atoms with van der Waals surface area (Å²) >= 11 is 0. The van der Waals surface area contributed by atoms with Crippen molar-refractivity contribution in [3.63, 3.8) is 0 Å². The molecule has 0 heterocycles. The van der Waals surface area contributed by atoms with Gasteiger partial charge in [0.15, 0.2) is 0 Å². The minimum atomic E-state index is -0.387. The Hall–Kier alpha value is -1.51. The Bertz CT molecular complexity index is 453. The zero-order valence-electron chi connectivity index (χ0n) is 16.2. The maximum atomic E-state index is 11.5. The average Bonchev–Trinajstić information content (AvgIpc) is 2.70. The lowest BCUT2D eigenvalue weighted by Gasteiger charge is -2.08. The number of carbonyl (C=O) groups is 1. The van der Waals surface area contributed by atoms with Crippen molar-refractivity contribution < 1.29 is 33.2 Å². The van der Waals surface area contributed by atoms with Crippen LogP contribution in [0.3, 0.4) is 0 Å². The van der Waals surface area contributed by atoms with Gasteiger partial charge < -0.3 is 28.4 Å². The lowest BCUT2D eigenvalue weighted by molar-refractivity contribution is -0.150. The summed E-state index contributed by atoms with van der Waals surface area (Å²) in [5.41, 5.74) is 0.949. The van der Waals surface area contributed by atoms with Crippen LogP contribution in [0.15, 0.2) is 30.3 Å². The maximum Gasteiger partial charge on any atom is 0.332 e. The number of carbonyl (C=O) groups excluding carboxylic acids is 1. The molecule has 7 nitrogen and oxygen atoms in total. The van der Waals surface area contributed by atoms with E-state index in [1.54, 1.807) is 0 Å². The van der Waals surface area contributed by atoms with Crippen molar-refractivity contribution in [2.75, 3.05) is 66.1 Å². The molecule has 0 saturated carbocycles. The van der Waals surface area contributed by atoms with Gasteiger partial charge in [0.05, 0.1) is 52.9 Å². The number of hydrogen-bond donors (Lipinski definition) is 0. The molecule has 0 bridgehead atoms. The highest BCUT2D eigenvalue weighted by molar-refractivity contribution is 5.70. The van der Waals surface area contributed by atoms with Crippen molar-refractivity contribution in [3.05, 3.63) is 35.9 Å². The van der Waals surface area contributed by atoms with Crippen LogP contribution < -0.4 is 0 Å². The zero-order valence-corrected chi connectivity index (χ0v) is 16.2. The number of esters is 1. The zero-order chi connectivity index (χ0) is 19.4. The second kappa shape index (κ2) is 17.9. The van der Waals surface area contributed by atoms with Crippen LogP contribution in [0.2, 0.25) is 0 Å². The summed E-state index contributed by atoms with van der Waals surface area (Å²) in [5.74, 6) is -0.387. The van der Waals surface area contributed by atoms with Crippen molar-refractivity contribution in [3.8, 4) is 0 Å². The fourth-order valence-corrected chi connectivity index (χ4v) is 1.96. The van der Waals surface area contributed by atoms with Crippen LogP contribution in [0, 0.1) is 0 Å². The van der Waals surface area contributed by atoms with Crippen LogP contribution in [-0.2, 0) is 39.8 Å². The van der Waals surface area contributed by atoms with Gasteiger partial charge in [-0.1, -0.05) is 37.3 Å². The summed E-state index contributed by atoms with van der Waals surface area (Å²) in [7, 11) is 0. The number of rotatable bonds is 18. The molecular formula is C20H32O7. The quantitative estimate of drug-likeness (QED) is 0.284. The molecule has 154 valence electrons. The molecule has 0 aliphatic rings. The highest BCUT2D eigenvalue weighted by atomic mass is 16.6. The van der Waals surface area contributed by atoms with Gasteiger partial charge in [0, 0.05) is 6.61 Å². The third-order valence-electron chi connectivity index (χ3n) is 3.30. The lowest BCUT2D eigenvalue weighted by atomic mass is 10.2. The van der Waals surface area contributed by atoms with Crippen LogP contribution in [0.4, 0.5) is 0 Å². The summed E-state index contributed by atoms with van der Waals surface area (Å²) in [5, 5.41) is 0. The monoisotopic (exact) mass is 384 g/mol. The van der Waals surface area contributed by atoms with E-state index in [4.69, 9.17) is 28.4 Å². The molecule has 0 aliphatic carbocycles. The molecule has 1 aromatic rings. The van der Waals surface area contributed by atoms with Gasteiger partial charge in [-0.05, 0) is 12.0 Å². The van der Waals surface area contributed by atoms with Crippen molar-refractivity contribution in [2.24, 2.45) is 0 Å². The smallest absolute Gasteiger partial charge is 0.332 e. The van der Waals surface area contributed by atoms with Gasteiger partial charge in [0.1, 0.15) is 13.2 Å². The van der Waals surface area contributed by atoms with E-state index in [1.165, 1.54) is 0 Å². The fourth-order valence-electron chi connectivity index (χ4n) is 1.96. The molecule has 7 heteroatoms. The third-order valence-corrected chi connectivity index (χ3v) is 3.30. The molecule has 0 spiro atoms. The van der Waals surface area contributed by atoms with E-state index in [0.29, 0.717) is 52.9 Å². The van der Waals surface area contributed by atoms with Crippen LogP contribution in [-0.4, -0.2) is 72.0 Å². The number of hydrogen-bond acceptors (Lipinski definition) is 7.